The highest BCUT2D eigenvalue weighted by Crippen LogP contribution is 2.31. The molecule has 0 aliphatic heterocycles. The molecule has 0 bridgehead atoms. The summed E-state index contributed by atoms with van der Waals surface area (Å²) in [5, 5.41) is 3.51. The minimum Gasteiger partial charge on any atom is -0.398 e. The SMILES string of the molecule is Cc1cc(NC2CCC2)c(Br)cc1N. The maximum atomic E-state index is 5.81. The Kier molecular flexibility index (Phi) is 2.68. The summed E-state index contributed by atoms with van der Waals surface area (Å²) in [5.74, 6) is 0. The van der Waals surface area contributed by atoms with Gasteiger partial charge in [-0.2, -0.15) is 0 Å². The lowest BCUT2D eigenvalue weighted by molar-refractivity contribution is 0.445. The number of hydrogen-bond acceptors (Lipinski definition) is 2. The molecule has 0 radical (unpaired) electrons. The van der Waals surface area contributed by atoms with Crippen LogP contribution in [0.2, 0.25) is 0 Å². The Hall–Kier alpha value is -0.700. The second-order valence-electron chi connectivity index (χ2n) is 3.96. The highest BCUT2D eigenvalue weighted by molar-refractivity contribution is 9.10. The van der Waals surface area contributed by atoms with Crippen LogP contribution < -0.4 is 11.1 Å². The van der Waals surface area contributed by atoms with Crippen LogP contribution in [0, 0.1) is 6.92 Å². The van der Waals surface area contributed by atoms with E-state index >= 15 is 0 Å². The van der Waals surface area contributed by atoms with Gasteiger partial charge in [-0.3, -0.25) is 0 Å². The molecule has 2 nitrogen and oxygen atoms in total. The number of anilines is 2. The van der Waals surface area contributed by atoms with Gasteiger partial charge in [-0.25, -0.2) is 0 Å². The van der Waals surface area contributed by atoms with Crippen LogP contribution in [0.4, 0.5) is 11.4 Å². The van der Waals surface area contributed by atoms with E-state index in [1.807, 2.05) is 13.0 Å². The molecule has 1 aliphatic rings. The largest absolute Gasteiger partial charge is 0.398 e. The van der Waals surface area contributed by atoms with Crippen molar-refractivity contribution in [3.05, 3.63) is 22.2 Å². The predicted octanol–water partition coefficient (Wildman–Crippen LogP) is 3.30. The molecule has 1 aliphatic carbocycles. The Morgan fingerprint density at radius 1 is 1.43 bits per heavy atom. The molecule has 0 amide bonds. The highest BCUT2D eigenvalue weighted by atomic mass is 79.9. The van der Waals surface area contributed by atoms with E-state index in [0.29, 0.717) is 6.04 Å². The molecular formula is C11H15BrN2. The third kappa shape index (κ3) is 1.87. The number of nitrogens with one attached hydrogen (secondary N) is 1. The Balaban J connectivity index is 2.19. The summed E-state index contributed by atoms with van der Waals surface area (Å²) >= 11 is 3.52. The molecule has 0 atom stereocenters. The van der Waals surface area contributed by atoms with Crippen LogP contribution in [0.1, 0.15) is 24.8 Å². The standard InChI is InChI=1S/C11H15BrN2/c1-7-5-11(9(12)6-10(7)13)14-8-3-2-4-8/h5-6,8,14H,2-4,13H2,1H3. The van der Waals surface area contributed by atoms with Crippen LogP contribution >= 0.6 is 15.9 Å². The van der Waals surface area contributed by atoms with Crippen LogP contribution in [0.15, 0.2) is 16.6 Å². The summed E-state index contributed by atoms with van der Waals surface area (Å²) < 4.78 is 1.06. The summed E-state index contributed by atoms with van der Waals surface area (Å²) in [7, 11) is 0. The third-order valence-corrected chi connectivity index (χ3v) is 3.48. The molecule has 0 heterocycles. The molecule has 1 saturated carbocycles. The van der Waals surface area contributed by atoms with E-state index < -0.39 is 0 Å². The molecule has 3 heteroatoms. The van der Waals surface area contributed by atoms with E-state index in [4.69, 9.17) is 5.73 Å². The molecule has 0 saturated heterocycles. The molecular weight excluding hydrogens is 240 g/mol. The van der Waals surface area contributed by atoms with Crippen LogP contribution in [-0.2, 0) is 0 Å². The summed E-state index contributed by atoms with van der Waals surface area (Å²) in [4.78, 5) is 0. The minimum absolute atomic E-state index is 0.661. The molecule has 14 heavy (non-hydrogen) atoms. The molecule has 3 N–H and O–H groups in total. The second kappa shape index (κ2) is 3.81. The topological polar surface area (TPSA) is 38.0 Å². The molecule has 0 spiro atoms. The summed E-state index contributed by atoms with van der Waals surface area (Å²) in [6, 6.07) is 4.74. The van der Waals surface area contributed by atoms with E-state index in [1.54, 1.807) is 0 Å². The zero-order chi connectivity index (χ0) is 10.1. The van der Waals surface area contributed by atoms with Crippen molar-refractivity contribution in [1.82, 2.24) is 0 Å². The van der Waals surface area contributed by atoms with Crippen LogP contribution in [0.3, 0.4) is 0 Å². The molecule has 2 rings (SSSR count). The van der Waals surface area contributed by atoms with Gasteiger partial charge < -0.3 is 11.1 Å². The number of hydrogen-bond donors (Lipinski definition) is 2. The van der Waals surface area contributed by atoms with Crippen LogP contribution in [-0.4, -0.2) is 6.04 Å². The maximum absolute atomic E-state index is 5.81. The Bertz CT molecular complexity index is 345. The first-order valence-electron chi connectivity index (χ1n) is 4.99. The number of benzene rings is 1. The number of halogens is 1. The lowest BCUT2D eigenvalue weighted by Gasteiger charge is -2.28. The number of rotatable bonds is 2. The van der Waals surface area contributed by atoms with E-state index in [0.717, 1.165) is 15.7 Å². The summed E-state index contributed by atoms with van der Waals surface area (Å²) in [6.45, 7) is 2.04. The van der Waals surface area contributed by atoms with Crippen LogP contribution in [0.5, 0.6) is 0 Å². The van der Waals surface area contributed by atoms with Crippen molar-refractivity contribution >= 4 is 27.3 Å². The van der Waals surface area contributed by atoms with Gasteiger partial charge in [0.05, 0.1) is 0 Å². The fourth-order valence-corrected chi connectivity index (χ4v) is 2.06. The first kappa shape index (κ1) is 9.84. The van der Waals surface area contributed by atoms with Gasteiger partial charge in [-0.05, 0) is 59.8 Å². The molecule has 1 aromatic carbocycles. The van der Waals surface area contributed by atoms with Gasteiger partial charge in [0.25, 0.3) is 0 Å². The third-order valence-electron chi connectivity index (χ3n) is 2.82. The summed E-state index contributed by atoms with van der Waals surface area (Å²) in [5.41, 5.74) is 8.95. The minimum atomic E-state index is 0.661. The van der Waals surface area contributed by atoms with E-state index in [9.17, 15) is 0 Å². The van der Waals surface area contributed by atoms with Crippen molar-refractivity contribution in [3.8, 4) is 0 Å². The quantitative estimate of drug-likeness (QED) is 0.795. The highest BCUT2D eigenvalue weighted by Gasteiger charge is 2.17. The number of nitrogens with two attached hydrogens (primary N) is 1. The van der Waals surface area contributed by atoms with Crippen molar-refractivity contribution in [1.29, 1.82) is 0 Å². The second-order valence-corrected chi connectivity index (χ2v) is 4.82. The van der Waals surface area contributed by atoms with E-state index in [-0.39, 0.29) is 0 Å². The monoisotopic (exact) mass is 254 g/mol. The fraction of sp³-hybridized carbons (Fsp3) is 0.455. The lowest BCUT2D eigenvalue weighted by Crippen LogP contribution is -2.27. The van der Waals surface area contributed by atoms with Crippen molar-refractivity contribution in [2.24, 2.45) is 0 Å². The van der Waals surface area contributed by atoms with Gasteiger partial charge in [0.15, 0.2) is 0 Å². The van der Waals surface area contributed by atoms with Crippen LogP contribution in [0.25, 0.3) is 0 Å². The predicted molar refractivity (Wildman–Crippen MR) is 64.6 cm³/mol. The molecule has 76 valence electrons. The zero-order valence-corrected chi connectivity index (χ0v) is 9.89. The molecule has 0 aromatic heterocycles. The van der Waals surface area contributed by atoms with Crippen molar-refractivity contribution in [2.75, 3.05) is 11.1 Å². The lowest BCUT2D eigenvalue weighted by atomic mass is 9.93. The number of aryl methyl sites for hydroxylation is 1. The average Bonchev–Trinajstić information content (AvgIpc) is 2.06. The Morgan fingerprint density at radius 3 is 2.71 bits per heavy atom. The smallest absolute Gasteiger partial charge is 0.0490 e. The fourth-order valence-electron chi connectivity index (χ4n) is 1.58. The Morgan fingerprint density at radius 2 is 2.14 bits per heavy atom. The van der Waals surface area contributed by atoms with Gasteiger partial charge in [0.2, 0.25) is 0 Å². The van der Waals surface area contributed by atoms with E-state index in [1.165, 1.54) is 24.9 Å². The van der Waals surface area contributed by atoms with Gasteiger partial charge >= 0.3 is 0 Å². The first-order valence-corrected chi connectivity index (χ1v) is 5.78. The van der Waals surface area contributed by atoms with E-state index in [2.05, 4.69) is 27.3 Å². The van der Waals surface area contributed by atoms with Crippen molar-refractivity contribution in [2.45, 2.75) is 32.2 Å². The van der Waals surface area contributed by atoms with Crippen molar-refractivity contribution in [3.63, 3.8) is 0 Å². The molecule has 1 fully saturated rings. The zero-order valence-electron chi connectivity index (χ0n) is 8.31. The normalized spacial score (nSPS) is 16.4. The maximum Gasteiger partial charge on any atom is 0.0490 e. The van der Waals surface area contributed by atoms with Gasteiger partial charge in [0.1, 0.15) is 0 Å². The number of nitrogen functional groups attached to an aromatic ring is 1. The van der Waals surface area contributed by atoms with Gasteiger partial charge in [-0.15, -0.1) is 0 Å². The van der Waals surface area contributed by atoms with Gasteiger partial charge in [0, 0.05) is 21.9 Å². The summed E-state index contributed by atoms with van der Waals surface area (Å²) in [6.07, 6.45) is 3.93. The van der Waals surface area contributed by atoms with Gasteiger partial charge in [-0.1, -0.05) is 0 Å². The molecule has 0 unspecified atom stereocenters. The first-order chi connectivity index (χ1) is 6.66. The Labute approximate surface area is 93.0 Å². The average molecular weight is 255 g/mol. The van der Waals surface area contributed by atoms with Crippen molar-refractivity contribution < 1.29 is 0 Å². The molecule has 1 aromatic rings.